The molecule has 1 saturated carbocycles. The second kappa shape index (κ2) is 10.2. The summed E-state index contributed by atoms with van der Waals surface area (Å²) in [6.07, 6.45) is 2.74. The van der Waals surface area contributed by atoms with Crippen LogP contribution in [0.2, 0.25) is 0 Å². The molecule has 10 heteroatoms. The smallest absolute Gasteiger partial charge is 0.277 e. The third-order valence-corrected chi connectivity index (χ3v) is 7.89. The number of nitrogens with zero attached hydrogens (tertiary/aromatic N) is 4. The fourth-order valence-electron chi connectivity index (χ4n) is 4.87. The largest absolute Gasteiger partial charge is 0.497 e. The summed E-state index contributed by atoms with van der Waals surface area (Å²) in [5.74, 6) is 0.664. The average molecular weight is 523 g/mol. The monoisotopic (exact) mass is 522 g/mol. The van der Waals surface area contributed by atoms with Crippen LogP contribution in [0.15, 0.2) is 53.6 Å². The molecular weight excluding hydrogens is 492 g/mol. The van der Waals surface area contributed by atoms with Crippen molar-refractivity contribution in [3.05, 3.63) is 65.4 Å². The van der Waals surface area contributed by atoms with E-state index < -0.39 is 0 Å². The van der Waals surface area contributed by atoms with Gasteiger partial charge >= 0.3 is 0 Å². The standard InChI is InChI=1S/C27H30N4O5S/c1-18(32)29(2)17-27(14-15-27)19-5-7-20(8-6-19)30-16-13-23-24(26(30)33)31(28-25(23)37-36-35-4)21-9-11-22(34-3)12-10-21/h5-12H,13-17H2,1-4H3. The van der Waals surface area contributed by atoms with E-state index in [4.69, 9.17) is 14.0 Å². The first-order valence-electron chi connectivity index (χ1n) is 12.1. The van der Waals surface area contributed by atoms with Crippen molar-refractivity contribution in [3.63, 3.8) is 0 Å². The summed E-state index contributed by atoms with van der Waals surface area (Å²) in [6, 6.07) is 15.6. The average Bonchev–Trinajstić information content (AvgIpc) is 3.60. The summed E-state index contributed by atoms with van der Waals surface area (Å²) in [4.78, 5) is 33.9. The molecule has 9 nitrogen and oxygen atoms in total. The predicted molar refractivity (Wildman–Crippen MR) is 140 cm³/mol. The van der Waals surface area contributed by atoms with Gasteiger partial charge in [-0.2, -0.15) is 9.43 Å². The molecule has 0 unspecified atom stereocenters. The van der Waals surface area contributed by atoms with Gasteiger partial charge in [0.1, 0.15) is 11.4 Å². The van der Waals surface area contributed by atoms with Gasteiger partial charge in [-0.25, -0.2) is 9.57 Å². The molecule has 0 radical (unpaired) electrons. The zero-order valence-corrected chi connectivity index (χ0v) is 22.2. The van der Waals surface area contributed by atoms with Crippen molar-refractivity contribution in [1.82, 2.24) is 14.7 Å². The molecule has 2 amide bonds. The molecule has 3 aromatic rings. The van der Waals surface area contributed by atoms with E-state index in [0.29, 0.717) is 30.2 Å². The first kappa shape index (κ1) is 25.3. The first-order valence-corrected chi connectivity index (χ1v) is 12.9. The predicted octanol–water partition coefficient (Wildman–Crippen LogP) is 4.18. The number of benzene rings is 2. The van der Waals surface area contributed by atoms with Gasteiger partial charge in [0.25, 0.3) is 5.91 Å². The highest BCUT2D eigenvalue weighted by atomic mass is 32.2. The summed E-state index contributed by atoms with van der Waals surface area (Å²) in [6.45, 7) is 2.83. The highest BCUT2D eigenvalue weighted by molar-refractivity contribution is 7.94. The number of ether oxygens (including phenoxy) is 1. The molecule has 1 aliphatic heterocycles. The number of fused-ring (bicyclic) bond motifs is 1. The van der Waals surface area contributed by atoms with Crippen LogP contribution in [0.3, 0.4) is 0 Å². The summed E-state index contributed by atoms with van der Waals surface area (Å²) in [5, 5.41) is 5.28. The molecule has 2 heterocycles. The topological polar surface area (TPSA) is 86.1 Å². The molecule has 2 aliphatic rings. The number of rotatable bonds is 9. The van der Waals surface area contributed by atoms with Gasteiger partial charge in [0, 0.05) is 43.7 Å². The van der Waals surface area contributed by atoms with E-state index in [-0.39, 0.29) is 17.2 Å². The lowest BCUT2D eigenvalue weighted by molar-refractivity contribution is -0.160. The second-order valence-corrected chi connectivity index (χ2v) is 10.2. The minimum absolute atomic E-state index is 0.0124. The van der Waals surface area contributed by atoms with Crippen molar-refractivity contribution in [1.29, 1.82) is 0 Å². The van der Waals surface area contributed by atoms with Crippen LogP contribution in [0.5, 0.6) is 5.75 Å². The third-order valence-electron chi connectivity index (χ3n) is 7.20. The number of hydrogen-bond donors (Lipinski definition) is 0. The Morgan fingerprint density at radius 3 is 2.35 bits per heavy atom. The van der Waals surface area contributed by atoms with Gasteiger partial charge < -0.3 is 14.5 Å². The Labute approximate surface area is 220 Å². The maximum Gasteiger partial charge on any atom is 0.277 e. The summed E-state index contributed by atoms with van der Waals surface area (Å²) >= 11 is 0.998. The molecule has 2 aromatic carbocycles. The number of carbonyl (C=O) groups is 2. The van der Waals surface area contributed by atoms with Crippen LogP contribution in [-0.2, 0) is 25.9 Å². The maximum absolute atomic E-state index is 13.9. The zero-order chi connectivity index (χ0) is 26.2. The highest BCUT2D eigenvalue weighted by Crippen LogP contribution is 2.49. The van der Waals surface area contributed by atoms with E-state index in [1.54, 1.807) is 28.5 Å². The second-order valence-electron chi connectivity index (χ2n) is 9.47. The van der Waals surface area contributed by atoms with Crippen LogP contribution in [-0.4, -0.2) is 60.9 Å². The van der Waals surface area contributed by atoms with Gasteiger partial charge in [0.15, 0.2) is 5.03 Å². The van der Waals surface area contributed by atoms with Crippen LogP contribution in [0.25, 0.3) is 5.69 Å². The Bertz CT molecular complexity index is 1300. The molecule has 1 aliphatic carbocycles. The summed E-state index contributed by atoms with van der Waals surface area (Å²) in [5.41, 5.74) is 4.13. The lowest BCUT2D eigenvalue weighted by Crippen LogP contribution is -2.38. The van der Waals surface area contributed by atoms with E-state index >= 15 is 0 Å². The van der Waals surface area contributed by atoms with Gasteiger partial charge in [-0.1, -0.05) is 12.1 Å². The zero-order valence-electron chi connectivity index (χ0n) is 21.4. The van der Waals surface area contributed by atoms with Crippen molar-refractivity contribution >= 4 is 29.5 Å². The Kier molecular flexibility index (Phi) is 6.98. The number of likely N-dealkylation sites (N-methyl/N-ethyl adjacent to an activating group) is 1. The van der Waals surface area contributed by atoms with Gasteiger partial charge in [0.05, 0.1) is 31.9 Å². The minimum Gasteiger partial charge on any atom is -0.497 e. The van der Waals surface area contributed by atoms with Crippen LogP contribution in [0.4, 0.5) is 5.69 Å². The molecule has 0 bridgehead atoms. The maximum atomic E-state index is 13.9. The van der Waals surface area contributed by atoms with Crippen molar-refractivity contribution in [2.75, 3.05) is 39.3 Å². The third kappa shape index (κ3) is 4.84. The van der Waals surface area contributed by atoms with Crippen molar-refractivity contribution in [3.8, 4) is 11.4 Å². The number of methoxy groups -OCH3 is 1. The van der Waals surface area contributed by atoms with Crippen LogP contribution >= 0.6 is 12.0 Å². The van der Waals surface area contributed by atoms with Gasteiger partial charge in [-0.3, -0.25) is 9.59 Å². The highest BCUT2D eigenvalue weighted by Gasteiger charge is 2.45. The quantitative estimate of drug-likeness (QED) is 0.237. The number of carbonyl (C=O) groups excluding carboxylic acids is 2. The Morgan fingerprint density at radius 2 is 1.76 bits per heavy atom. The van der Waals surface area contributed by atoms with Crippen LogP contribution in [0.1, 0.15) is 41.4 Å². The fourth-order valence-corrected chi connectivity index (χ4v) is 5.41. The first-order chi connectivity index (χ1) is 17.9. The Balaban J connectivity index is 1.44. The molecule has 194 valence electrons. The molecule has 5 rings (SSSR count). The van der Waals surface area contributed by atoms with E-state index in [1.165, 1.54) is 12.7 Å². The van der Waals surface area contributed by atoms with Crippen molar-refractivity contribution in [2.24, 2.45) is 0 Å². The van der Waals surface area contributed by atoms with Gasteiger partial charge in [-0.05, 0) is 61.2 Å². The molecule has 0 spiro atoms. The molecule has 0 atom stereocenters. The van der Waals surface area contributed by atoms with Crippen molar-refractivity contribution in [2.45, 2.75) is 36.6 Å². The fraction of sp³-hybridized carbons (Fsp3) is 0.370. The number of anilines is 1. The summed E-state index contributed by atoms with van der Waals surface area (Å²) < 4.78 is 12.0. The molecule has 0 saturated heterocycles. The molecule has 37 heavy (non-hydrogen) atoms. The van der Waals surface area contributed by atoms with Gasteiger partial charge in [-0.15, -0.1) is 0 Å². The molecule has 1 fully saturated rings. The van der Waals surface area contributed by atoms with E-state index in [0.717, 1.165) is 47.6 Å². The lowest BCUT2D eigenvalue weighted by Gasteiger charge is -2.28. The van der Waals surface area contributed by atoms with Gasteiger partial charge in [0.2, 0.25) is 5.91 Å². The molecule has 1 aromatic heterocycles. The number of aromatic nitrogens is 2. The van der Waals surface area contributed by atoms with E-state index in [1.807, 2.05) is 43.4 Å². The van der Waals surface area contributed by atoms with Crippen LogP contribution in [0, 0.1) is 0 Å². The van der Waals surface area contributed by atoms with E-state index in [2.05, 4.69) is 17.2 Å². The Morgan fingerprint density at radius 1 is 1.08 bits per heavy atom. The van der Waals surface area contributed by atoms with Crippen LogP contribution < -0.4 is 9.64 Å². The van der Waals surface area contributed by atoms with E-state index in [9.17, 15) is 9.59 Å². The normalized spacial score (nSPS) is 15.9. The summed E-state index contributed by atoms with van der Waals surface area (Å²) in [7, 11) is 4.89. The van der Waals surface area contributed by atoms with Crippen molar-refractivity contribution < 1.29 is 23.5 Å². The number of amides is 2. The molecular formula is C27H30N4O5S. The molecule has 0 N–H and O–H groups in total. The SMILES string of the molecule is COOSc1nn(-c2ccc(OC)cc2)c2c1CCN(c1ccc(C3(CN(C)C(C)=O)CC3)cc1)C2=O. The number of hydrogen-bond acceptors (Lipinski definition) is 7. The minimum atomic E-state index is -0.126. The lowest BCUT2D eigenvalue weighted by atomic mass is 9.94. The Hall–Kier alpha value is -3.34.